The molecule has 0 aromatic heterocycles. The minimum atomic E-state index is -0.646. The minimum absolute atomic E-state index is 0.00241. The van der Waals surface area contributed by atoms with Crippen molar-refractivity contribution >= 4 is 11.9 Å². The first-order chi connectivity index (χ1) is 17.4. The molecule has 0 bridgehead atoms. The lowest BCUT2D eigenvalue weighted by Crippen LogP contribution is -2.61. The highest BCUT2D eigenvalue weighted by Crippen LogP contribution is 2.73. The molecule has 11 atom stereocenters. The summed E-state index contributed by atoms with van der Waals surface area (Å²) in [6, 6.07) is 0. The average molecular weight is 515 g/mol. The molecule has 2 aliphatic heterocycles. The van der Waals surface area contributed by atoms with Crippen molar-refractivity contribution < 1.29 is 28.5 Å². The van der Waals surface area contributed by atoms with Crippen molar-refractivity contribution in [3.05, 3.63) is 11.6 Å². The van der Waals surface area contributed by atoms with E-state index in [-0.39, 0.29) is 40.9 Å². The fraction of sp³-hybridized carbons (Fsp3) is 0.871. The Morgan fingerprint density at radius 1 is 1.00 bits per heavy atom. The van der Waals surface area contributed by atoms with Crippen LogP contribution < -0.4 is 0 Å². The minimum Gasteiger partial charge on any atom is -0.462 e. The first-order valence-electron chi connectivity index (χ1n) is 14.8. The first kappa shape index (κ1) is 25.9. The van der Waals surface area contributed by atoms with E-state index >= 15 is 0 Å². The highest BCUT2D eigenvalue weighted by molar-refractivity contribution is 5.67. The number of esters is 2. The van der Waals surface area contributed by atoms with Crippen LogP contribution in [0.1, 0.15) is 99.3 Å². The van der Waals surface area contributed by atoms with Gasteiger partial charge in [-0.3, -0.25) is 9.59 Å². The van der Waals surface area contributed by atoms with Crippen LogP contribution in [0.3, 0.4) is 0 Å². The van der Waals surface area contributed by atoms with Crippen LogP contribution in [0, 0.1) is 40.4 Å². The molecule has 0 amide bonds. The molecule has 0 unspecified atom stereocenters. The Labute approximate surface area is 222 Å². The summed E-state index contributed by atoms with van der Waals surface area (Å²) in [6.07, 6.45) is 11.4. The normalized spacial score (nSPS) is 52.4. The van der Waals surface area contributed by atoms with Crippen LogP contribution in [0.5, 0.6) is 0 Å². The molecule has 6 rings (SSSR count). The van der Waals surface area contributed by atoms with Gasteiger partial charge in [0, 0.05) is 32.1 Å². The molecule has 1 spiro atoms. The van der Waals surface area contributed by atoms with Gasteiger partial charge in [0.25, 0.3) is 0 Å². The fourth-order valence-corrected chi connectivity index (χ4v) is 10.4. The van der Waals surface area contributed by atoms with Gasteiger partial charge in [0.2, 0.25) is 0 Å². The van der Waals surface area contributed by atoms with Gasteiger partial charge in [-0.25, -0.2) is 0 Å². The maximum atomic E-state index is 12.7. The number of rotatable bonds is 2. The summed E-state index contributed by atoms with van der Waals surface area (Å²) >= 11 is 0. The highest BCUT2D eigenvalue weighted by atomic mass is 16.7. The van der Waals surface area contributed by atoms with Gasteiger partial charge in [-0.2, -0.15) is 0 Å². The lowest BCUT2D eigenvalue weighted by atomic mass is 9.46. The second-order valence-corrected chi connectivity index (χ2v) is 13.9. The van der Waals surface area contributed by atoms with Crippen molar-refractivity contribution in [3.8, 4) is 0 Å². The summed E-state index contributed by atoms with van der Waals surface area (Å²) < 4.78 is 25.6. The molecule has 3 saturated carbocycles. The van der Waals surface area contributed by atoms with Crippen molar-refractivity contribution in [2.24, 2.45) is 40.4 Å². The van der Waals surface area contributed by atoms with Gasteiger partial charge in [-0.1, -0.05) is 39.3 Å². The van der Waals surface area contributed by atoms with Crippen molar-refractivity contribution in [2.75, 3.05) is 6.61 Å². The van der Waals surface area contributed by atoms with Crippen LogP contribution in [-0.4, -0.2) is 42.1 Å². The van der Waals surface area contributed by atoms with Crippen molar-refractivity contribution in [1.82, 2.24) is 0 Å². The van der Waals surface area contributed by atoms with Crippen molar-refractivity contribution in [2.45, 2.75) is 123 Å². The van der Waals surface area contributed by atoms with E-state index in [1.165, 1.54) is 12.5 Å². The van der Waals surface area contributed by atoms with E-state index in [9.17, 15) is 9.59 Å². The summed E-state index contributed by atoms with van der Waals surface area (Å²) in [5.74, 6) is 1.11. The molecule has 5 fully saturated rings. The van der Waals surface area contributed by atoms with Gasteiger partial charge in [0.1, 0.15) is 12.2 Å². The third-order valence-electron chi connectivity index (χ3n) is 12.2. The Hall–Kier alpha value is -1.40. The lowest BCUT2D eigenvalue weighted by Gasteiger charge is -2.60. The molecule has 6 heteroatoms. The maximum absolute atomic E-state index is 12.7. The van der Waals surface area contributed by atoms with E-state index in [1.54, 1.807) is 6.92 Å². The predicted octanol–water partition coefficient (Wildman–Crippen LogP) is 5.97. The van der Waals surface area contributed by atoms with Crippen LogP contribution in [-0.2, 0) is 28.5 Å². The molecule has 0 radical (unpaired) electrons. The molecular formula is C31H46O6. The van der Waals surface area contributed by atoms with Crippen molar-refractivity contribution in [3.63, 3.8) is 0 Å². The summed E-state index contributed by atoms with van der Waals surface area (Å²) in [7, 11) is 0. The van der Waals surface area contributed by atoms with Crippen LogP contribution in [0.4, 0.5) is 0 Å². The first-order valence-corrected chi connectivity index (χ1v) is 14.8. The molecule has 6 aliphatic rings. The van der Waals surface area contributed by atoms with E-state index in [4.69, 9.17) is 18.9 Å². The van der Waals surface area contributed by atoms with Crippen LogP contribution in [0.2, 0.25) is 0 Å². The Morgan fingerprint density at radius 2 is 1.78 bits per heavy atom. The fourth-order valence-electron chi connectivity index (χ4n) is 10.4. The molecule has 37 heavy (non-hydrogen) atoms. The van der Waals surface area contributed by atoms with Crippen molar-refractivity contribution in [1.29, 1.82) is 0 Å². The molecule has 206 valence electrons. The molecular weight excluding hydrogens is 468 g/mol. The zero-order chi connectivity index (χ0) is 26.4. The van der Waals surface area contributed by atoms with Crippen LogP contribution >= 0.6 is 0 Å². The van der Waals surface area contributed by atoms with E-state index < -0.39 is 11.4 Å². The van der Waals surface area contributed by atoms with Gasteiger partial charge in [-0.05, 0) is 74.0 Å². The molecule has 0 N–H and O–H groups in total. The quantitative estimate of drug-likeness (QED) is 0.334. The number of hydrogen-bond donors (Lipinski definition) is 0. The van der Waals surface area contributed by atoms with E-state index in [0.717, 1.165) is 57.8 Å². The van der Waals surface area contributed by atoms with Crippen LogP contribution in [0.25, 0.3) is 0 Å². The van der Waals surface area contributed by atoms with Gasteiger partial charge in [0.05, 0.1) is 12.5 Å². The smallest absolute Gasteiger partial charge is 0.303 e. The summed E-state index contributed by atoms with van der Waals surface area (Å²) in [6.45, 7) is 13.1. The predicted molar refractivity (Wildman–Crippen MR) is 138 cm³/mol. The molecule has 0 aromatic carbocycles. The molecule has 6 nitrogen and oxygen atoms in total. The number of ether oxygens (including phenoxy) is 4. The lowest BCUT2D eigenvalue weighted by molar-refractivity contribution is -0.274. The zero-order valence-corrected chi connectivity index (χ0v) is 23.6. The molecule has 0 aromatic rings. The second-order valence-electron chi connectivity index (χ2n) is 13.9. The Bertz CT molecular complexity index is 996. The maximum Gasteiger partial charge on any atom is 0.303 e. The largest absolute Gasteiger partial charge is 0.462 e. The van der Waals surface area contributed by atoms with Gasteiger partial charge >= 0.3 is 11.9 Å². The number of hydrogen-bond acceptors (Lipinski definition) is 6. The molecule has 2 heterocycles. The topological polar surface area (TPSA) is 71.1 Å². The third-order valence-corrected chi connectivity index (χ3v) is 12.2. The monoisotopic (exact) mass is 514 g/mol. The summed E-state index contributed by atoms with van der Waals surface area (Å²) in [5.41, 5.74) is 0.864. The van der Waals surface area contributed by atoms with Gasteiger partial charge in [-0.15, -0.1) is 0 Å². The molecule has 2 saturated heterocycles. The Morgan fingerprint density at radius 3 is 2.46 bits per heavy atom. The Balaban J connectivity index is 1.32. The second kappa shape index (κ2) is 8.55. The van der Waals surface area contributed by atoms with E-state index in [2.05, 4.69) is 33.8 Å². The zero-order valence-electron chi connectivity index (χ0n) is 23.6. The Kier molecular flexibility index (Phi) is 5.97. The van der Waals surface area contributed by atoms with E-state index in [1.807, 2.05) is 0 Å². The average Bonchev–Trinajstić information content (AvgIpc) is 3.20. The molecule has 4 aliphatic carbocycles. The number of carbonyl (C=O) groups excluding carboxylic acids is 2. The highest BCUT2D eigenvalue weighted by Gasteiger charge is 2.78. The van der Waals surface area contributed by atoms with Crippen LogP contribution in [0.15, 0.2) is 11.6 Å². The summed E-state index contributed by atoms with van der Waals surface area (Å²) in [4.78, 5) is 24.3. The number of allylic oxidation sites excluding steroid dienone is 1. The third kappa shape index (κ3) is 3.49. The van der Waals surface area contributed by atoms with E-state index in [0.29, 0.717) is 30.3 Å². The number of carbonyl (C=O) groups is 2. The van der Waals surface area contributed by atoms with Gasteiger partial charge in [0.15, 0.2) is 11.4 Å². The standard InChI is InChI=1S/C31H46O6/c1-18-9-14-30(34-17-18)19(2)31(36-21(4)33)27(37-30)16-26-24-8-7-22-15-23(35-20(3)32)10-12-28(22,5)25(24)11-13-29(26,31)6/h7,18-19,23-27H,8-17H2,1-6H3/t18-,19-,23+,24-,25+,26+,27+,28+,29+,30-,31-/m1/s1. The number of fused-ring (bicyclic) bond motifs is 7. The summed E-state index contributed by atoms with van der Waals surface area (Å²) in [5, 5.41) is 0. The van der Waals surface area contributed by atoms with Gasteiger partial charge < -0.3 is 18.9 Å². The SMILES string of the molecule is CC(=O)O[C@H]1CC[C@@]2(C)C(=CC[C@@H]3[C@@H]2CC[C@@]2(C)[C@H]3C[C@@H]3O[C@]4(CC[C@@H](C)CO4)[C@@H](C)[C@@]32OC(C)=O)C1.